The van der Waals surface area contributed by atoms with Crippen molar-refractivity contribution in [2.24, 2.45) is 0 Å². The summed E-state index contributed by atoms with van der Waals surface area (Å²) in [5, 5.41) is 1.06. The Kier molecular flexibility index (Phi) is 5.23. The standard InChI is InChI=1S/C20H27N3O2/c1-4-22-7-9-23(10-8-22)19(24)6-5-16-13-17-15(3)11-14(2)12-18(17)21-20(16)25/h11-13H,4-10H2,1-3H3,(H,21,25). The van der Waals surface area contributed by atoms with Gasteiger partial charge in [-0.05, 0) is 50.1 Å². The lowest BCUT2D eigenvalue weighted by Crippen LogP contribution is -2.48. The molecule has 1 saturated heterocycles. The molecule has 5 nitrogen and oxygen atoms in total. The molecule has 134 valence electrons. The third kappa shape index (κ3) is 3.93. The lowest BCUT2D eigenvalue weighted by atomic mass is 10.0. The lowest BCUT2D eigenvalue weighted by Gasteiger charge is -2.34. The number of aryl methyl sites for hydroxylation is 3. The SMILES string of the molecule is CCN1CCN(C(=O)CCc2cc3c(C)cc(C)cc3[nH]c2=O)CC1. The Balaban J connectivity index is 1.70. The summed E-state index contributed by atoms with van der Waals surface area (Å²) in [6.45, 7) is 10.7. The van der Waals surface area contributed by atoms with E-state index in [-0.39, 0.29) is 11.5 Å². The van der Waals surface area contributed by atoms with Crippen LogP contribution in [-0.4, -0.2) is 53.4 Å². The van der Waals surface area contributed by atoms with Crippen molar-refractivity contribution in [2.45, 2.75) is 33.6 Å². The van der Waals surface area contributed by atoms with Gasteiger partial charge in [0, 0.05) is 49.1 Å². The number of pyridine rings is 1. The first-order valence-electron chi connectivity index (χ1n) is 9.11. The molecular weight excluding hydrogens is 314 g/mol. The third-order valence-corrected chi connectivity index (χ3v) is 5.17. The van der Waals surface area contributed by atoms with Gasteiger partial charge in [0.15, 0.2) is 0 Å². The average molecular weight is 341 g/mol. The number of H-pyrrole nitrogens is 1. The van der Waals surface area contributed by atoms with Gasteiger partial charge in [-0.1, -0.05) is 13.0 Å². The van der Waals surface area contributed by atoms with Gasteiger partial charge in [-0.25, -0.2) is 0 Å². The van der Waals surface area contributed by atoms with Crippen LogP contribution >= 0.6 is 0 Å². The molecule has 0 unspecified atom stereocenters. The third-order valence-electron chi connectivity index (χ3n) is 5.17. The van der Waals surface area contributed by atoms with E-state index in [1.165, 1.54) is 0 Å². The van der Waals surface area contributed by atoms with Crippen LogP contribution in [0.3, 0.4) is 0 Å². The van der Waals surface area contributed by atoms with Gasteiger partial charge >= 0.3 is 0 Å². The van der Waals surface area contributed by atoms with Gasteiger partial charge in [-0.2, -0.15) is 0 Å². The zero-order chi connectivity index (χ0) is 18.0. The molecule has 3 rings (SSSR count). The van der Waals surface area contributed by atoms with Gasteiger partial charge in [0.2, 0.25) is 5.91 Å². The molecule has 0 bridgehead atoms. The highest BCUT2D eigenvalue weighted by atomic mass is 16.2. The summed E-state index contributed by atoms with van der Waals surface area (Å²) < 4.78 is 0. The number of amides is 1. The molecular formula is C20H27N3O2. The van der Waals surface area contributed by atoms with Crippen molar-refractivity contribution in [1.82, 2.24) is 14.8 Å². The molecule has 1 N–H and O–H groups in total. The van der Waals surface area contributed by atoms with Gasteiger partial charge in [-0.15, -0.1) is 0 Å². The summed E-state index contributed by atoms with van der Waals surface area (Å²) in [6.07, 6.45) is 0.886. The fraction of sp³-hybridized carbons (Fsp3) is 0.500. The summed E-state index contributed by atoms with van der Waals surface area (Å²) in [5.41, 5.74) is 3.76. The normalized spacial score (nSPS) is 15.7. The molecule has 0 saturated carbocycles. The van der Waals surface area contributed by atoms with E-state index in [0.29, 0.717) is 18.4 Å². The monoisotopic (exact) mass is 341 g/mol. The van der Waals surface area contributed by atoms with Gasteiger partial charge in [0.25, 0.3) is 5.56 Å². The zero-order valence-corrected chi connectivity index (χ0v) is 15.4. The van der Waals surface area contributed by atoms with Crippen LogP contribution in [0.4, 0.5) is 0 Å². The number of nitrogens with one attached hydrogen (secondary N) is 1. The van der Waals surface area contributed by atoms with Crippen LogP contribution in [0.25, 0.3) is 10.9 Å². The molecule has 0 radical (unpaired) electrons. The second-order valence-corrected chi connectivity index (χ2v) is 6.98. The van der Waals surface area contributed by atoms with E-state index in [4.69, 9.17) is 0 Å². The summed E-state index contributed by atoms with van der Waals surface area (Å²) >= 11 is 0. The number of carbonyl (C=O) groups is 1. The highest BCUT2D eigenvalue weighted by Gasteiger charge is 2.20. The fourth-order valence-corrected chi connectivity index (χ4v) is 3.62. The Morgan fingerprint density at radius 1 is 1.12 bits per heavy atom. The van der Waals surface area contributed by atoms with Crippen molar-refractivity contribution >= 4 is 16.8 Å². The van der Waals surface area contributed by atoms with Crippen LogP contribution in [-0.2, 0) is 11.2 Å². The molecule has 1 fully saturated rings. The first kappa shape index (κ1) is 17.7. The molecule has 1 aromatic carbocycles. The number of benzene rings is 1. The van der Waals surface area contributed by atoms with Crippen LogP contribution < -0.4 is 5.56 Å². The van der Waals surface area contributed by atoms with Crippen molar-refractivity contribution < 1.29 is 4.79 Å². The van der Waals surface area contributed by atoms with Crippen molar-refractivity contribution in [3.8, 4) is 0 Å². The highest BCUT2D eigenvalue weighted by Crippen LogP contribution is 2.19. The summed E-state index contributed by atoms with van der Waals surface area (Å²) in [4.78, 5) is 32.0. The fourth-order valence-electron chi connectivity index (χ4n) is 3.62. The summed E-state index contributed by atoms with van der Waals surface area (Å²) in [5.74, 6) is 0.149. The highest BCUT2D eigenvalue weighted by molar-refractivity contribution is 5.83. The van der Waals surface area contributed by atoms with E-state index in [1.54, 1.807) is 0 Å². The Bertz CT molecular complexity index is 833. The maximum atomic E-state index is 12.4. The minimum Gasteiger partial charge on any atom is -0.340 e. The molecule has 5 heteroatoms. The molecule has 1 amide bonds. The van der Waals surface area contributed by atoms with Crippen molar-refractivity contribution in [2.75, 3.05) is 32.7 Å². The minimum atomic E-state index is -0.0823. The number of hydrogen-bond acceptors (Lipinski definition) is 3. The molecule has 1 aliphatic rings. The number of nitrogens with zero attached hydrogens (tertiary/aromatic N) is 2. The topological polar surface area (TPSA) is 56.4 Å². The number of hydrogen-bond donors (Lipinski definition) is 1. The van der Waals surface area contributed by atoms with Crippen molar-refractivity contribution in [3.63, 3.8) is 0 Å². The first-order chi connectivity index (χ1) is 12.0. The number of likely N-dealkylation sites (N-methyl/N-ethyl adjacent to an activating group) is 1. The van der Waals surface area contributed by atoms with Gasteiger partial charge in [0.1, 0.15) is 0 Å². The largest absolute Gasteiger partial charge is 0.340 e. The van der Waals surface area contributed by atoms with Crippen LogP contribution in [0.1, 0.15) is 30.0 Å². The van der Waals surface area contributed by atoms with E-state index < -0.39 is 0 Å². The van der Waals surface area contributed by atoms with E-state index in [2.05, 4.69) is 29.8 Å². The van der Waals surface area contributed by atoms with Gasteiger partial charge in [-0.3, -0.25) is 9.59 Å². The molecule has 0 spiro atoms. The quantitative estimate of drug-likeness (QED) is 0.928. The Hall–Kier alpha value is -2.14. The lowest BCUT2D eigenvalue weighted by molar-refractivity contribution is -0.132. The molecule has 0 atom stereocenters. The van der Waals surface area contributed by atoms with Crippen molar-refractivity contribution in [3.05, 3.63) is 45.2 Å². The maximum Gasteiger partial charge on any atom is 0.251 e. The van der Waals surface area contributed by atoms with Crippen LogP contribution in [0.15, 0.2) is 23.0 Å². The van der Waals surface area contributed by atoms with E-state index in [0.717, 1.165) is 54.8 Å². The zero-order valence-electron chi connectivity index (χ0n) is 15.4. The Labute approximate surface area is 148 Å². The molecule has 25 heavy (non-hydrogen) atoms. The first-order valence-corrected chi connectivity index (χ1v) is 9.11. The number of piperazine rings is 1. The van der Waals surface area contributed by atoms with Crippen LogP contribution in [0, 0.1) is 13.8 Å². The van der Waals surface area contributed by atoms with Crippen LogP contribution in [0.2, 0.25) is 0 Å². The van der Waals surface area contributed by atoms with E-state index in [9.17, 15) is 9.59 Å². The van der Waals surface area contributed by atoms with Gasteiger partial charge in [0.05, 0.1) is 0 Å². The minimum absolute atomic E-state index is 0.0823. The molecule has 2 aromatic rings. The smallest absolute Gasteiger partial charge is 0.251 e. The number of rotatable bonds is 4. The van der Waals surface area contributed by atoms with E-state index >= 15 is 0 Å². The molecule has 1 aromatic heterocycles. The van der Waals surface area contributed by atoms with Crippen LogP contribution in [0.5, 0.6) is 0 Å². The number of aromatic amines is 1. The van der Waals surface area contributed by atoms with E-state index in [1.807, 2.05) is 24.0 Å². The average Bonchev–Trinajstić information content (AvgIpc) is 2.60. The summed E-state index contributed by atoms with van der Waals surface area (Å²) in [7, 11) is 0. The summed E-state index contributed by atoms with van der Waals surface area (Å²) in [6, 6.07) is 6.06. The molecule has 0 aliphatic carbocycles. The second-order valence-electron chi connectivity index (χ2n) is 6.98. The number of fused-ring (bicyclic) bond motifs is 1. The van der Waals surface area contributed by atoms with Gasteiger partial charge < -0.3 is 14.8 Å². The Morgan fingerprint density at radius 3 is 2.52 bits per heavy atom. The predicted octanol–water partition coefficient (Wildman–Crippen LogP) is 2.24. The predicted molar refractivity (Wildman–Crippen MR) is 101 cm³/mol. The molecule has 1 aliphatic heterocycles. The van der Waals surface area contributed by atoms with Crippen molar-refractivity contribution in [1.29, 1.82) is 0 Å². The maximum absolute atomic E-state index is 12.4. The molecule has 2 heterocycles. The number of aromatic nitrogens is 1. The second kappa shape index (κ2) is 7.40. The number of carbonyl (C=O) groups excluding carboxylic acids is 1. The Morgan fingerprint density at radius 2 is 1.84 bits per heavy atom.